The Kier molecular flexibility index (Phi) is 2.35. The van der Waals surface area contributed by atoms with Crippen LogP contribution in [0.4, 0.5) is 5.69 Å². The van der Waals surface area contributed by atoms with Crippen LogP contribution in [0.25, 0.3) is 0 Å². The Morgan fingerprint density at radius 3 is 2.93 bits per heavy atom. The van der Waals surface area contributed by atoms with E-state index < -0.39 is 0 Å². The number of nitrogens with one attached hydrogen (secondary N) is 1. The zero-order chi connectivity index (χ0) is 10.3. The highest BCUT2D eigenvalue weighted by atomic mass is 79.9. The lowest BCUT2D eigenvalue weighted by Crippen LogP contribution is -2.40. The molecule has 1 saturated carbocycles. The molecule has 3 heteroatoms. The van der Waals surface area contributed by atoms with E-state index in [1.807, 2.05) is 6.07 Å². The lowest BCUT2D eigenvalue weighted by atomic mass is 9.79. The van der Waals surface area contributed by atoms with Gasteiger partial charge >= 0.3 is 0 Å². The Bertz CT molecular complexity index is 376. The van der Waals surface area contributed by atoms with Crippen LogP contribution in [0.1, 0.15) is 19.3 Å². The third-order valence-electron chi connectivity index (χ3n) is 3.42. The van der Waals surface area contributed by atoms with Gasteiger partial charge in [0.25, 0.3) is 0 Å². The van der Waals surface area contributed by atoms with Crippen molar-refractivity contribution in [2.45, 2.75) is 25.3 Å². The molecule has 0 bridgehead atoms. The summed E-state index contributed by atoms with van der Waals surface area (Å²) in [5, 5.41) is 3.58. The minimum Gasteiger partial charge on any atom is -0.489 e. The van der Waals surface area contributed by atoms with E-state index in [9.17, 15) is 0 Å². The summed E-state index contributed by atoms with van der Waals surface area (Å²) in [5.74, 6) is 1.79. The van der Waals surface area contributed by atoms with E-state index in [2.05, 4.69) is 33.4 Å². The first-order chi connectivity index (χ1) is 7.33. The molecule has 0 amide bonds. The zero-order valence-corrected chi connectivity index (χ0v) is 10.1. The van der Waals surface area contributed by atoms with Gasteiger partial charge in [-0.3, -0.25) is 0 Å². The standard InChI is InChI=1S/C12H14BrNO/c13-9-4-5-10-12(6-9)15-7-11(14-10)8-2-1-3-8/h4-6,8,11,14H,1-3,7H2. The molecule has 1 aromatic carbocycles. The second kappa shape index (κ2) is 3.71. The van der Waals surface area contributed by atoms with Crippen LogP contribution in [-0.2, 0) is 0 Å². The summed E-state index contributed by atoms with van der Waals surface area (Å²) in [7, 11) is 0. The molecule has 0 radical (unpaired) electrons. The number of ether oxygens (including phenoxy) is 1. The van der Waals surface area contributed by atoms with E-state index in [-0.39, 0.29) is 0 Å². The Balaban J connectivity index is 1.80. The molecule has 1 N–H and O–H groups in total. The molecule has 15 heavy (non-hydrogen) atoms. The quantitative estimate of drug-likeness (QED) is 0.842. The molecule has 1 aliphatic carbocycles. The summed E-state index contributed by atoms with van der Waals surface area (Å²) in [6.07, 6.45) is 4.09. The van der Waals surface area contributed by atoms with Gasteiger partial charge in [0.2, 0.25) is 0 Å². The third kappa shape index (κ3) is 1.73. The van der Waals surface area contributed by atoms with Crippen LogP contribution in [0.2, 0.25) is 0 Å². The Labute approximate surface area is 98.1 Å². The van der Waals surface area contributed by atoms with Crippen LogP contribution >= 0.6 is 15.9 Å². The Morgan fingerprint density at radius 2 is 2.20 bits per heavy atom. The Morgan fingerprint density at radius 1 is 1.33 bits per heavy atom. The molecule has 2 nitrogen and oxygen atoms in total. The van der Waals surface area contributed by atoms with Crippen molar-refractivity contribution in [1.82, 2.24) is 0 Å². The molecule has 1 aliphatic heterocycles. The summed E-state index contributed by atoms with van der Waals surface area (Å²) < 4.78 is 6.86. The lowest BCUT2D eigenvalue weighted by Gasteiger charge is -2.37. The van der Waals surface area contributed by atoms with Crippen LogP contribution in [0.15, 0.2) is 22.7 Å². The first-order valence-electron chi connectivity index (χ1n) is 5.52. The molecule has 1 unspecified atom stereocenters. The van der Waals surface area contributed by atoms with E-state index in [4.69, 9.17) is 4.74 Å². The largest absolute Gasteiger partial charge is 0.489 e. The van der Waals surface area contributed by atoms with Gasteiger partial charge in [-0.25, -0.2) is 0 Å². The van der Waals surface area contributed by atoms with Gasteiger partial charge in [-0.1, -0.05) is 22.4 Å². The molecule has 0 spiro atoms. The molecule has 3 rings (SSSR count). The molecule has 1 fully saturated rings. The van der Waals surface area contributed by atoms with Gasteiger partial charge in [0.05, 0.1) is 11.7 Å². The fourth-order valence-electron chi connectivity index (χ4n) is 2.25. The topological polar surface area (TPSA) is 21.3 Å². The van der Waals surface area contributed by atoms with Gasteiger partial charge in [-0.2, -0.15) is 0 Å². The molecule has 0 aromatic heterocycles. The number of benzene rings is 1. The SMILES string of the molecule is Brc1ccc2c(c1)OCC(C1CCC1)N2. The van der Waals surface area contributed by atoms with Crippen molar-refractivity contribution in [3.8, 4) is 5.75 Å². The highest BCUT2D eigenvalue weighted by Gasteiger charge is 2.30. The first kappa shape index (κ1) is 9.52. The summed E-state index contributed by atoms with van der Waals surface area (Å²) >= 11 is 3.45. The summed E-state index contributed by atoms with van der Waals surface area (Å²) in [6, 6.07) is 6.69. The van der Waals surface area contributed by atoms with Crippen LogP contribution in [0.5, 0.6) is 5.75 Å². The molecule has 0 saturated heterocycles. The van der Waals surface area contributed by atoms with E-state index >= 15 is 0 Å². The molecule has 1 aromatic rings. The monoisotopic (exact) mass is 267 g/mol. The summed E-state index contributed by atoms with van der Waals surface area (Å²) in [5.41, 5.74) is 1.14. The zero-order valence-electron chi connectivity index (χ0n) is 8.50. The fraction of sp³-hybridized carbons (Fsp3) is 0.500. The predicted molar refractivity (Wildman–Crippen MR) is 64.4 cm³/mol. The maximum absolute atomic E-state index is 5.78. The maximum atomic E-state index is 5.78. The van der Waals surface area contributed by atoms with Gasteiger partial charge in [-0.15, -0.1) is 0 Å². The fourth-order valence-corrected chi connectivity index (χ4v) is 2.59. The predicted octanol–water partition coefficient (Wildman–Crippen LogP) is 3.42. The van der Waals surface area contributed by atoms with E-state index in [1.54, 1.807) is 0 Å². The van der Waals surface area contributed by atoms with Crippen molar-refractivity contribution in [2.75, 3.05) is 11.9 Å². The number of anilines is 1. The van der Waals surface area contributed by atoms with E-state index in [0.717, 1.165) is 28.4 Å². The average Bonchev–Trinajstić information content (AvgIpc) is 2.15. The Hall–Kier alpha value is -0.700. The van der Waals surface area contributed by atoms with Crippen LogP contribution < -0.4 is 10.1 Å². The van der Waals surface area contributed by atoms with Crippen molar-refractivity contribution < 1.29 is 4.74 Å². The van der Waals surface area contributed by atoms with Gasteiger partial charge in [0.1, 0.15) is 12.4 Å². The average molecular weight is 268 g/mol. The van der Waals surface area contributed by atoms with Crippen molar-refractivity contribution in [3.63, 3.8) is 0 Å². The number of hydrogen-bond acceptors (Lipinski definition) is 2. The first-order valence-corrected chi connectivity index (χ1v) is 6.31. The smallest absolute Gasteiger partial charge is 0.143 e. The molecule has 1 atom stereocenters. The number of hydrogen-bond donors (Lipinski definition) is 1. The van der Waals surface area contributed by atoms with Crippen LogP contribution in [-0.4, -0.2) is 12.6 Å². The minimum atomic E-state index is 0.521. The number of rotatable bonds is 1. The van der Waals surface area contributed by atoms with Gasteiger partial charge < -0.3 is 10.1 Å². The van der Waals surface area contributed by atoms with Crippen LogP contribution in [0, 0.1) is 5.92 Å². The third-order valence-corrected chi connectivity index (χ3v) is 3.92. The normalized spacial score (nSPS) is 24.7. The second-order valence-corrected chi connectivity index (χ2v) is 5.31. The van der Waals surface area contributed by atoms with Gasteiger partial charge in [0, 0.05) is 4.47 Å². The molecular formula is C12H14BrNO. The van der Waals surface area contributed by atoms with Crippen LogP contribution in [0.3, 0.4) is 0 Å². The highest BCUT2D eigenvalue weighted by molar-refractivity contribution is 9.10. The molecule has 1 heterocycles. The highest BCUT2D eigenvalue weighted by Crippen LogP contribution is 2.37. The van der Waals surface area contributed by atoms with E-state index in [1.165, 1.54) is 19.3 Å². The van der Waals surface area contributed by atoms with Crippen molar-refractivity contribution >= 4 is 21.6 Å². The maximum Gasteiger partial charge on any atom is 0.143 e. The lowest BCUT2D eigenvalue weighted by molar-refractivity contribution is 0.191. The van der Waals surface area contributed by atoms with Crippen molar-refractivity contribution in [2.24, 2.45) is 5.92 Å². The van der Waals surface area contributed by atoms with E-state index in [0.29, 0.717) is 6.04 Å². The summed E-state index contributed by atoms with van der Waals surface area (Å²) in [6.45, 7) is 0.814. The molecular weight excluding hydrogens is 254 g/mol. The molecule has 80 valence electrons. The van der Waals surface area contributed by atoms with Gasteiger partial charge in [0.15, 0.2) is 0 Å². The molecule has 2 aliphatic rings. The number of halogens is 1. The van der Waals surface area contributed by atoms with Crippen molar-refractivity contribution in [1.29, 1.82) is 0 Å². The van der Waals surface area contributed by atoms with Crippen molar-refractivity contribution in [3.05, 3.63) is 22.7 Å². The second-order valence-electron chi connectivity index (χ2n) is 4.39. The van der Waals surface area contributed by atoms with Gasteiger partial charge in [-0.05, 0) is 37.0 Å². The number of fused-ring (bicyclic) bond motifs is 1. The summed E-state index contributed by atoms with van der Waals surface area (Å²) in [4.78, 5) is 0. The minimum absolute atomic E-state index is 0.521.